The highest BCUT2D eigenvalue weighted by molar-refractivity contribution is 7.09. The molecule has 2 aliphatic rings. The van der Waals surface area contributed by atoms with Crippen LogP contribution in [0.5, 0.6) is 0 Å². The van der Waals surface area contributed by atoms with Gasteiger partial charge in [-0.25, -0.2) is 4.98 Å². The van der Waals surface area contributed by atoms with Crippen LogP contribution in [0.25, 0.3) is 0 Å². The zero-order chi connectivity index (χ0) is 17.3. The number of nitrogens with one attached hydrogen (secondary N) is 1. The summed E-state index contributed by atoms with van der Waals surface area (Å²) in [5.41, 5.74) is -0.821. The average Bonchev–Trinajstić information content (AvgIpc) is 3.04. The molecule has 3 rings (SSSR count). The van der Waals surface area contributed by atoms with E-state index in [4.69, 9.17) is 0 Å². The number of hydrogen-bond donors (Lipinski definition) is 1. The van der Waals surface area contributed by atoms with Gasteiger partial charge in [-0.15, -0.1) is 23.7 Å². The molecule has 2 saturated heterocycles. The van der Waals surface area contributed by atoms with Crippen LogP contribution in [0.3, 0.4) is 0 Å². The molecular formula is C16H23ClF3N3OS. The number of amides is 1. The Morgan fingerprint density at radius 2 is 2.16 bits per heavy atom. The van der Waals surface area contributed by atoms with Crippen molar-refractivity contribution in [3.63, 3.8) is 0 Å². The third-order valence-electron chi connectivity index (χ3n) is 4.87. The van der Waals surface area contributed by atoms with Crippen LogP contribution < -0.4 is 5.32 Å². The number of carbonyl (C=O) groups excluding carboxylic acids is 1. The molecule has 3 atom stereocenters. The third-order valence-corrected chi connectivity index (χ3v) is 5.87. The molecule has 2 aliphatic heterocycles. The Kier molecular flexibility index (Phi) is 6.73. The molecule has 1 aromatic heterocycles. The number of hydrogen-bond acceptors (Lipinski definition) is 4. The quantitative estimate of drug-likeness (QED) is 0.828. The first-order chi connectivity index (χ1) is 11.3. The molecule has 1 amide bonds. The summed E-state index contributed by atoms with van der Waals surface area (Å²) in [5.74, 6) is 0.102. The molecule has 9 heteroatoms. The van der Waals surface area contributed by atoms with E-state index in [1.165, 1.54) is 0 Å². The summed E-state index contributed by atoms with van der Waals surface area (Å²) in [5, 5.41) is 4.91. The Hall–Kier alpha value is -0.860. The van der Waals surface area contributed by atoms with Crippen molar-refractivity contribution in [1.29, 1.82) is 0 Å². The fourth-order valence-electron chi connectivity index (χ4n) is 3.60. The zero-order valence-electron chi connectivity index (χ0n) is 14.0. The Balaban J connectivity index is 0.00000225. The van der Waals surface area contributed by atoms with Crippen molar-refractivity contribution in [2.75, 3.05) is 19.6 Å². The molecule has 1 aromatic rings. The van der Waals surface area contributed by atoms with Crippen molar-refractivity contribution in [2.45, 2.75) is 50.7 Å². The van der Waals surface area contributed by atoms with Crippen molar-refractivity contribution in [3.8, 4) is 0 Å². The normalized spacial score (nSPS) is 27.7. The lowest BCUT2D eigenvalue weighted by Gasteiger charge is -2.36. The molecule has 1 N–H and O–H groups in total. The first kappa shape index (κ1) is 20.5. The van der Waals surface area contributed by atoms with Gasteiger partial charge in [-0.2, -0.15) is 13.2 Å². The van der Waals surface area contributed by atoms with Crippen LogP contribution >= 0.6 is 23.7 Å². The summed E-state index contributed by atoms with van der Waals surface area (Å²) in [6, 6.07) is 0.335. The minimum atomic E-state index is -4.40. The summed E-state index contributed by atoms with van der Waals surface area (Å²) < 4.78 is 38.2. The van der Waals surface area contributed by atoms with E-state index in [-0.39, 0.29) is 30.2 Å². The van der Waals surface area contributed by atoms with E-state index in [1.54, 1.807) is 0 Å². The second-order valence-corrected chi connectivity index (χ2v) is 7.66. The Morgan fingerprint density at radius 3 is 2.80 bits per heavy atom. The van der Waals surface area contributed by atoms with E-state index in [9.17, 15) is 18.0 Å². The van der Waals surface area contributed by atoms with E-state index in [1.807, 2.05) is 4.90 Å². The number of rotatable bonds is 2. The highest BCUT2D eigenvalue weighted by Crippen LogP contribution is 2.35. The lowest BCUT2D eigenvalue weighted by Crippen LogP contribution is -2.47. The Morgan fingerprint density at radius 1 is 1.40 bits per heavy atom. The van der Waals surface area contributed by atoms with Crippen LogP contribution in [0.15, 0.2) is 5.38 Å². The van der Waals surface area contributed by atoms with Gasteiger partial charge in [0.05, 0.1) is 5.01 Å². The summed E-state index contributed by atoms with van der Waals surface area (Å²) in [6.07, 6.45) is -1.13. The van der Waals surface area contributed by atoms with Gasteiger partial charge in [0.15, 0.2) is 5.69 Å². The lowest BCUT2D eigenvalue weighted by atomic mass is 9.90. The second kappa shape index (κ2) is 8.22. The molecular weight excluding hydrogens is 375 g/mol. The lowest BCUT2D eigenvalue weighted by molar-refractivity contribution is -0.141. The number of nitrogens with zero attached hydrogens (tertiary/aromatic N) is 2. The van der Waals surface area contributed by atoms with Crippen molar-refractivity contribution in [2.24, 2.45) is 5.92 Å². The summed E-state index contributed by atoms with van der Waals surface area (Å²) in [6.45, 7) is 4.11. The number of alkyl halides is 3. The number of piperidine rings is 2. The Bertz CT molecular complexity index is 595. The topological polar surface area (TPSA) is 45.2 Å². The predicted octanol–water partition coefficient (Wildman–Crippen LogP) is 3.68. The van der Waals surface area contributed by atoms with Gasteiger partial charge < -0.3 is 10.2 Å². The van der Waals surface area contributed by atoms with Gasteiger partial charge in [0, 0.05) is 36.3 Å². The number of likely N-dealkylation sites (tertiary alicyclic amines) is 1. The highest BCUT2D eigenvalue weighted by Gasteiger charge is 2.36. The fourth-order valence-corrected chi connectivity index (χ4v) is 4.55. The summed E-state index contributed by atoms with van der Waals surface area (Å²) in [4.78, 5) is 18.3. The van der Waals surface area contributed by atoms with Gasteiger partial charge in [0.25, 0.3) is 0 Å². The van der Waals surface area contributed by atoms with Gasteiger partial charge in [-0.1, -0.05) is 0 Å². The van der Waals surface area contributed by atoms with Gasteiger partial charge in [0.2, 0.25) is 5.91 Å². The van der Waals surface area contributed by atoms with E-state index in [0.29, 0.717) is 24.1 Å². The van der Waals surface area contributed by atoms with Crippen LogP contribution in [-0.2, 0) is 11.0 Å². The van der Waals surface area contributed by atoms with Crippen LogP contribution in [-0.4, -0.2) is 41.5 Å². The predicted molar refractivity (Wildman–Crippen MR) is 93.1 cm³/mol. The minimum Gasteiger partial charge on any atom is -0.342 e. The molecule has 0 saturated carbocycles. The fraction of sp³-hybridized carbons (Fsp3) is 0.750. The molecule has 0 aliphatic carbocycles. The molecule has 0 radical (unpaired) electrons. The van der Waals surface area contributed by atoms with Crippen molar-refractivity contribution in [1.82, 2.24) is 15.2 Å². The average molecular weight is 398 g/mol. The molecule has 1 unspecified atom stereocenters. The van der Waals surface area contributed by atoms with Crippen LogP contribution in [0.1, 0.15) is 49.2 Å². The third kappa shape index (κ3) is 4.86. The Labute approximate surface area is 155 Å². The van der Waals surface area contributed by atoms with Crippen LogP contribution in [0, 0.1) is 5.92 Å². The summed E-state index contributed by atoms with van der Waals surface area (Å²) in [7, 11) is 0. The largest absolute Gasteiger partial charge is 0.434 e. The molecule has 0 bridgehead atoms. The monoisotopic (exact) mass is 397 g/mol. The van der Waals surface area contributed by atoms with Crippen LogP contribution in [0.4, 0.5) is 13.2 Å². The zero-order valence-corrected chi connectivity index (χ0v) is 15.6. The number of thiazole rings is 1. The van der Waals surface area contributed by atoms with E-state index < -0.39 is 11.9 Å². The van der Waals surface area contributed by atoms with Crippen molar-refractivity contribution < 1.29 is 18.0 Å². The SMILES string of the molecule is C[C@H]1C[C@@H](C(=O)N2CCCC(c3nc(C(F)(F)F)cs3)C2)CCN1.Cl. The second-order valence-electron chi connectivity index (χ2n) is 6.77. The van der Waals surface area contributed by atoms with Gasteiger partial charge >= 0.3 is 6.18 Å². The smallest absolute Gasteiger partial charge is 0.342 e. The highest BCUT2D eigenvalue weighted by atomic mass is 35.5. The van der Waals surface area contributed by atoms with Gasteiger partial charge in [-0.05, 0) is 39.2 Å². The van der Waals surface area contributed by atoms with Gasteiger partial charge in [-0.3, -0.25) is 4.79 Å². The van der Waals surface area contributed by atoms with Crippen molar-refractivity contribution in [3.05, 3.63) is 16.1 Å². The van der Waals surface area contributed by atoms with Crippen molar-refractivity contribution >= 4 is 29.7 Å². The first-order valence-electron chi connectivity index (χ1n) is 8.39. The molecule has 25 heavy (non-hydrogen) atoms. The maximum atomic E-state index is 12.7. The summed E-state index contributed by atoms with van der Waals surface area (Å²) >= 11 is 1.05. The first-order valence-corrected chi connectivity index (χ1v) is 9.27. The van der Waals surface area contributed by atoms with E-state index >= 15 is 0 Å². The van der Waals surface area contributed by atoms with E-state index in [2.05, 4.69) is 17.2 Å². The standard InChI is InChI=1S/C16H22F3N3OS.ClH/c1-10-7-11(4-5-20-10)15(23)22-6-2-3-12(8-22)14-21-13(9-24-14)16(17,18)19;/h9-12,20H,2-8H2,1H3;1H/t10-,11-,12?;/m0./s1. The molecule has 2 fully saturated rings. The molecule has 142 valence electrons. The maximum absolute atomic E-state index is 12.7. The number of halogens is 4. The number of aromatic nitrogens is 1. The minimum absolute atomic E-state index is 0. The molecule has 0 spiro atoms. The van der Waals surface area contributed by atoms with Gasteiger partial charge in [0.1, 0.15) is 0 Å². The van der Waals surface area contributed by atoms with Crippen LogP contribution in [0.2, 0.25) is 0 Å². The molecule has 3 heterocycles. The van der Waals surface area contributed by atoms with E-state index in [0.717, 1.165) is 48.9 Å². The molecule has 0 aromatic carbocycles. The molecule has 4 nitrogen and oxygen atoms in total. The maximum Gasteiger partial charge on any atom is 0.434 e. The number of carbonyl (C=O) groups is 1.